The number of benzene rings is 1. The Kier molecular flexibility index (Phi) is 5.44. The molecule has 0 bridgehead atoms. The Balaban J connectivity index is 2.72. The molecule has 0 aliphatic carbocycles. The van der Waals surface area contributed by atoms with Gasteiger partial charge in [-0.05, 0) is 18.4 Å². The van der Waals surface area contributed by atoms with E-state index in [1.165, 1.54) is 12.1 Å². The summed E-state index contributed by atoms with van der Waals surface area (Å²) in [5.74, 6) is -0.0523. The van der Waals surface area contributed by atoms with Crippen LogP contribution in [0.3, 0.4) is 0 Å². The van der Waals surface area contributed by atoms with Gasteiger partial charge in [-0.25, -0.2) is 5.43 Å². The minimum atomic E-state index is -0.575. The smallest absolute Gasteiger partial charge is 0.267 e. The lowest BCUT2D eigenvalue weighted by molar-refractivity contribution is -0.384. The zero-order chi connectivity index (χ0) is 14.4. The molecule has 19 heavy (non-hydrogen) atoms. The Morgan fingerprint density at radius 1 is 1.58 bits per heavy atom. The van der Waals surface area contributed by atoms with Crippen LogP contribution in [0.5, 0.6) is 0 Å². The van der Waals surface area contributed by atoms with E-state index in [9.17, 15) is 14.9 Å². The van der Waals surface area contributed by atoms with E-state index >= 15 is 0 Å². The van der Waals surface area contributed by atoms with E-state index in [0.29, 0.717) is 5.92 Å². The second-order valence-electron chi connectivity index (χ2n) is 4.30. The minimum absolute atomic E-state index is 0.0192. The van der Waals surface area contributed by atoms with Gasteiger partial charge in [0.1, 0.15) is 0 Å². The summed E-state index contributed by atoms with van der Waals surface area (Å²) in [7, 11) is 0. The van der Waals surface area contributed by atoms with Gasteiger partial charge in [0.15, 0.2) is 0 Å². The van der Waals surface area contributed by atoms with Crippen molar-refractivity contribution in [3.8, 4) is 0 Å². The van der Waals surface area contributed by atoms with Crippen molar-refractivity contribution in [3.63, 3.8) is 0 Å². The molecule has 0 fully saturated rings. The van der Waals surface area contributed by atoms with Gasteiger partial charge in [0.2, 0.25) is 0 Å². The molecule has 0 radical (unpaired) electrons. The number of nitrogens with one attached hydrogen (secondary N) is 1. The van der Waals surface area contributed by atoms with Crippen LogP contribution in [-0.4, -0.2) is 17.0 Å². The highest BCUT2D eigenvalue weighted by Crippen LogP contribution is 2.22. The Hall–Kier alpha value is -1.95. The van der Waals surface area contributed by atoms with Crippen LogP contribution in [0, 0.1) is 16.0 Å². The van der Waals surface area contributed by atoms with E-state index in [1.54, 1.807) is 6.21 Å². The average Bonchev–Trinajstić information content (AvgIpc) is 2.33. The molecule has 1 aromatic carbocycles. The first-order chi connectivity index (χ1) is 8.91. The van der Waals surface area contributed by atoms with Crippen molar-refractivity contribution in [2.45, 2.75) is 20.3 Å². The van der Waals surface area contributed by atoms with E-state index in [-0.39, 0.29) is 16.3 Å². The first-order valence-corrected chi connectivity index (χ1v) is 6.05. The summed E-state index contributed by atoms with van der Waals surface area (Å²) in [6.07, 6.45) is 2.34. The number of amides is 1. The zero-order valence-electron chi connectivity index (χ0n) is 10.6. The monoisotopic (exact) mass is 283 g/mol. The topological polar surface area (TPSA) is 84.6 Å². The Morgan fingerprint density at radius 2 is 2.26 bits per heavy atom. The fourth-order valence-corrected chi connectivity index (χ4v) is 1.49. The predicted octanol–water partition coefficient (Wildman–Crippen LogP) is 3.01. The maximum Gasteiger partial charge on any atom is 0.272 e. The Labute approximate surface area is 115 Å². The van der Waals surface area contributed by atoms with Crippen molar-refractivity contribution >= 4 is 29.4 Å². The molecule has 0 saturated carbocycles. The number of carbonyl (C=O) groups excluding carboxylic acids is 1. The molecule has 0 unspecified atom stereocenters. The maximum absolute atomic E-state index is 11.7. The van der Waals surface area contributed by atoms with Crippen molar-refractivity contribution in [2.24, 2.45) is 11.0 Å². The molecule has 0 aromatic heterocycles. The van der Waals surface area contributed by atoms with Gasteiger partial charge < -0.3 is 0 Å². The lowest BCUT2D eigenvalue weighted by Crippen LogP contribution is -2.18. The Bertz CT molecular complexity index is 515. The minimum Gasteiger partial charge on any atom is -0.267 e. The number of nitro benzene ring substituents is 1. The highest BCUT2D eigenvalue weighted by atomic mass is 35.5. The fourth-order valence-electron chi connectivity index (χ4n) is 1.23. The van der Waals surface area contributed by atoms with Crippen LogP contribution in [0.4, 0.5) is 5.69 Å². The van der Waals surface area contributed by atoms with Gasteiger partial charge in [0.25, 0.3) is 11.6 Å². The molecular formula is C12H14ClN3O3. The van der Waals surface area contributed by atoms with Crippen molar-refractivity contribution in [2.75, 3.05) is 0 Å². The largest absolute Gasteiger partial charge is 0.272 e. The number of rotatable bonds is 5. The molecule has 0 aliphatic rings. The predicted molar refractivity (Wildman–Crippen MR) is 73.5 cm³/mol. The van der Waals surface area contributed by atoms with Gasteiger partial charge in [-0.3, -0.25) is 14.9 Å². The quantitative estimate of drug-likeness (QED) is 0.512. The molecule has 1 rings (SSSR count). The summed E-state index contributed by atoms with van der Waals surface area (Å²) in [5.41, 5.74) is 2.31. The highest BCUT2D eigenvalue weighted by molar-refractivity contribution is 6.34. The van der Waals surface area contributed by atoms with Crippen LogP contribution in [-0.2, 0) is 0 Å². The maximum atomic E-state index is 11.7. The molecule has 6 nitrogen and oxygen atoms in total. The summed E-state index contributed by atoms with van der Waals surface area (Å²) in [6, 6.07) is 3.65. The van der Waals surface area contributed by atoms with Gasteiger partial charge in [0, 0.05) is 18.3 Å². The Morgan fingerprint density at radius 3 is 2.79 bits per heavy atom. The third-order valence-corrected chi connectivity index (χ3v) is 2.56. The summed E-state index contributed by atoms with van der Waals surface area (Å²) < 4.78 is 0. The lowest BCUT2D eigenvalue weighted by Gasteiger charge is -2.02. The third kappa shape index (κ3) is 4.67. The molecule has 1 N–H and O–H groups in total. The van der Waals surface area contributed by atoms with E-state index in [4.69, 9.17) is 11.6 Å². The van der Waals surface area contributed by atoms with E-state index in [0.717, 1.165) is 12.5 Å². The first-order valence-electron chi connectivity index (χ1n) is 5.67. The zero-order valence-corrected chi connectivity index (χ0v) is 11.3. The molecule has 0 aliphatic heterocycles. The molecule has 1 aromatic rings. The van der Waals surface area contributed by atoms with Crippen molar-refractivity contribution < 1.29 is 9.72 Å². The number of hydrazone groups is 1. The number of non-ortho nitro benzene ring substituents is 1. The van der Waals surface area contributed by atoms with Gasteiger partial charge >= 0.3 is 0 Å². The number of nitro groups is 1. The first kappa shape index (κ1) is 15.1. The number of carbonyl (C=O) groups is 1. The van der Waals surface area contributed by atoms with Crippen LogP contribution in [0.2, 0.25) is 5.02 Å². The number of halogens is 1. The molecule has 0 heterocycles. The van der Waals surface area contributed by atoms with Gasteiger partial charge in [-0.1, -0.05) is 25.4 Å². The van der Waals surface area contributed by atoms with E-state index in [2.05, 4.69) is 10.5 Å². The van der Waals surface area contributed by atoms with E-state index < -0.39 is 10.8 Å². The average molecular weight is 284 g/mol. The normalized spacial score (nSPS) is 10.9. The summed E-state index contributed by atoms with van der Waals surface area (Å²) in [4.78, 5) is 21.7. The number of nitrogens with zero attached hydrogens (tertiary/aromatic N) is 2. The van der Waals surface area contributed by atoms with Crippen molar-refractivity contribution in [1.82, 2.24) is 5.43 Å². The molecule has 102 valence electrons. The highest BCUT2D eigenvalue weighted by Gasteiger charge is 2.14. The summed E-state index contributed by atoms with van der Waals surface area (Å²) in [6.45, 7) is 4.06. The third-order valence-electron chi connectivity index (χ3n) is 2.24. The molecule has 1 amide bonds. The lowest BCUT2D eigenvalue weighted by atomic mass is 10.2. The molecule has 0 atom stereocenters. The standard InChI is InChI=1S/C12H14ClN3O3/c1-8(2)5-6-14-15-12(17)10-4-3-9(16(18)19)7-11(10)13/h3-4,6-8H,5H2,1-2H3,(H,15,17)/b14-6-. The number of hydrogen-bond acceptors (Lipinski definition) is 4. The number of hydrogen-bond donors (Lipinski definition) is 1. The molecular weight excluding hydrogens is 270 g/mol. The van der Waals surface area contributed by atoms with Crippen LogP contribution >= 0.6 is 11.6 Å². The second-order valence-corrected chi connectivity index (χ2v) is 4.71. The fraction of sp³-hybridized carbons (Fsp3) is 0.333. The van der Waals surface area contributed by atoms with Crippen LogP contribution in [0.1, 0.15) is 30.6 Å². The van der Waals surface area contributed by atoms with Crippen molar-refractivity contribution in [1.29, 1.82) is 0 Å². The van der Waals surface area contributed by atoms with Gasteiger partial charge in [-0.2, -0.15) is 5.10 Å². The SMILES string of the molecule is CC(C)C/C=N\NC(=O)c1ccc([N+](=O)[O-])cc1Cl. The van der Waals surface area contributed by atoms with Crippen molar-refractivity contribution in [3.05, 3.63) is 38.9 Å². The molecule has 7 heteroatoms. The summed E-state index contributed by atoms with van der Waals surface area (Å²) in [5, 5.41) is 14.3. The van der Waals surface area contributed by atoms with Gasteiger partial charge in [0.05, 0.1) is 15.5 Å². The second kappa shape index (κ2) is 6.84. The van der Waals surface area contributed by atoms with Gasteiger partial charge in [-0.15, -0.1) is 0 Å². The molecule has 0 spiro atoms. The van der Waals surface area contributed by atoms with Crippen LogP contribution in [0.15, 0.2) is 23.3 Å². The summed E-state index contributed by atoms with van der Waals surface area (Å²) >= 11 is 5.81. The van der Waals surface area contributed by atoms with Crippen LogP contribution in [0.25, 0.3) is 0 Å². The van der Waals surface area contributed by atoms with E-state index in [1.807, 2.05) is 13.8 Å². The van der Waals surface area contributed by atoms with Crippen LogP contribution < -0.4 is 5.43 Å². The molecule has 0 saturated heterocycles.